The molecule has 0 aliphatic carbocycles. The summed E-state index contributed by atoms with van der Waals surface area (Å²) < 4.78 is 0. The fourth-order valence-corrected chi connectivity index (χ4v) is 5.00. The zero-order chi connectivity index (χ0) is 24.4. The largest absolute Gasteiger partial charge is 0.369 e. The van der Waals surface area contributed by atoms with Gasteiger partial charge in [-0.2, -0.15) is 5.10 Å². The summed E-state index contributed by atoms with van der Waals surface area (Å²) in [5, 5.41) is 14.3. The number of aromatic amines is 1. The monoisotopic (exact) mass is 508 g/mol. The second-order valence-electron chi connectivity index (χ2n) is 8.53. The quantitative estimate of drug-likeness (QED) is 0.363. The van der Waals surface area contributed by atoms with Crippen molar-refractivity contribution >= 4 is 56.5 Å². The van der Waals surface area contributed by atoms with Gasteiger partial charge >= 0.3 is 0 Å². The first kappa shape index (κ1) is 23.3. The molecule has 180 valence electrons. The molecule has 0 unspecified atom stereocenters. The standard InChI is InChI=1S/C25H25ClN6O2S/c1-31-10-12-32(13-11-31)19-8-4-17(5-9-19)23(33)28-22-20-14-21(35-25(20)30-29-22)24(34)27-15-16-2-6-18(26)7-3-16/h2-9,14H,10-13,15H2,1H3,(H,27,34)(H2,28,29,30,33). The number of anilines is 2. The van der Waals surface area contributed by atoms with Crippen LogP contribution >= 0.6 is 22.9 Å². The molecule has 35 heavy (non-hydrogen) atoms. The second kappa shape index (κ2) is 10.1. The average molecular weight is 509 g/mol. The third kappa shape index (κ3) is 5.32. The number of piperazine rings is 1. The van der Waals surface area contributed by atoms with Crippen molar-refractivity contribution in [2.75, 3.05) is 43.4 Å². The summed E-state index contributed by atoms with van der Waals surface area (Å²) in [5.41, 5.74) is 2.63. The van der Waals surface area contributed by atoms with E-state index in [1.54, 1.807) is 18.2 Å². The Labute approximate surface area is 211 Å². The fourth-order valence-electron chi connectivity index (χ4n) is 3.96. The van der Waals surface area contributed by atoms with Crippen molar-refractivity contribution in [2.24, 2.45) is 0 Å². The summed E-state index contributed by atoms with van der Waals surface area (Å²) >= 11 is 7.18. The summed E-state index contributed by atoms with van der Waals surface area (Å²) in [5.74, 6) is 0.0429. The minimum absolute atomic E-state index is 0.195. The molecule has 5 rings (SSSR count). The first-order valence-electron chi connectivity index (χ1n) is 11.3. The Morgan fingerprint density at radius 3 is 2.46 bits per heavy atom. The maximum absolute atomic E-state index is 12.8. The lowest BCUT2D eigenvalue weighted by molar-refractivity contribution is 0.0954. The van der Waals surface area contributed by atoms with Crippen LogP contribution in [0.15, 0.2) is 54.6 Å². The molecule has 0 saturated carbocycles. The van der Waals surface area contributed by atoms with Gasteiger partial charge in [0.15, 0.2) is 0 Å². The van der Waals surface area contributed by atoms with Crippen LogP contribution in [0.4, 0.5) is 11.5 Å². The van der Waals surface area contributed by atoms with E-state index in [9.17, 15) is 9.59 Å². The molecule has 0 atom stereocenters. The molecule has 1 fully saturated rings. The maximum Gasteiger partial charge on any atom is 0.261 e. The summed E-state index contributed by atoms with van der Waals surface area (Å²) in [4.78, 5) is 31.3. The van der Waals surface area contributed by atoms with Crippen LogP contribution < -0.4 is 15.5 Å². The highest BCUT2D eigenvalue weighted by molar-refractivity contribution is 7.20. The minimum atomic E-state index is -0.236. The zero-order valence-corrected chi connectivity index (χ0v) is 20.7. The predicted octanol–water partition coefficient (Wildman–Crippen LogP) is 4.21. The van der Waals surface area contributed by atoms with Gasteiger partial charge in [0.2, 0.25) is 0 Å². The number of carbonyl (C=O) groups excluding carboxylic acids is 2. The van der Waals surface area contributed by atoms with Crippen LogP contribution in [0.25, 0.3) is 10.2 Å². The van der Waals surface area contributed by atoms with Crippen molar-refractivity contribution in [3.8, 4) is 0 Å². The van der Waals surface area contributed by atoms with Crippen molar-refractivity contribution in [3.63, 3.8) is 0 Å². The molecular formula is C25H25ClN6O2S. The molecule has 4 aromatic rings. The van der Waals surface area contributed by atoms with Crippen molar-refractivity contribution in [1.82, 2.24) is 20.4 Å². The van der Waals surface area contributed by atoms with Crippen LogP contribution in [0.1, 0.15) is 25.6 Å². The number of carbonyl (C=O) groups is 2. The number of hydrogen-bond donors (Lipinski definition) is 3. The zero-order valence-electron chi connectivity index (χ0n) is 19.2. The highest BCUT2D eigenvalue weighted by Crippen LogP contribution is 2.29. The Balaban J connectivity index is 1.23. The Morgan fingerprint density at radius 2 is 1.74 bits per heavy atom. The molecule has 1 aliphatic heterocycles. The van der Waals surface area contributed by atoms with Crippen LogP contribution in [-0.4, -0.2) is 60.1 Å². The van der Waals surface area contributed by atoms with E-state index in [-0.39, 0.29) is 11.8 Å². The van der Waals surface area contributed by atoms with E-state index in [0.717, 1.165) is 37.4 Å². The van der Waals surface area contributed by atoms with Crippen LogP contribution in [0, 0.1) is 0 Å². The Morgan fingerprint density at radius 1 is 1.03 bits per heavy atom. The number of H-pyrrole nitrogens is 1. The number of benzene rings is 2. The summed E-state index contributed by atoms with van der Waals surface area (Å²) in [6.45, 7) is 4.40. The third-order valence-electron chi connectivity index (χ3n) is 6.08. The van der Waals surface area contributed by atoms with Crippen LogP contribution in [-0.2, 0) is 6.54 Å². The number of nitrogens with one attached hydrogen (secondary N) is 3. The number of hydrogen-bond acceptors (Lipinski definition) is 6. The van der Waals surface area contributed by atoms with Crippen molar-refractivity contribution < 1.29 is 9.59 Å². The molecule has 3 N–H and O–H groups in total. The number of halogens is 1. The molecule has 2 aromatic carbocycles. The molecule has 0 radical (unpaired) electrons. The minimum Gasteiger partial charge on any atom is -0.369 e. The van der Waals surface area contributed by atoms with Crippen molar-refractivity contribution in [3.05, 3.63) is 75.6 Å². The molecule has 1 aliphatic rings. The molecule has 3 heterocycles. The summed E-state index contributed by atoms with van der Waals surface area (Å²) in [7, 11) is 2.13. The number of nitrogens with zero attached hydrogens (tertiary/aromatic N) is 3. The van der Waals surface area contributed by atoms with Gasteiger partial charge in [-0.1, -0.05) is 23.7 Å². The number of thiophene rings is 1. The lowest BCUT2D eigenvalue weighted by Crippen LogP contribution is -2.44. The number of fused-ring (bicyclic) bond motifs is 1. The number of rotatable bonds is 6. The van der Waals surface area contributed by atoms with Crippen molar-refractivity contribution in [1.29, 1.82) is 0 Å². The molecular weight excluding hydrogens is 484 g/mol. The molecule has 0 spiro atoms. The third-order valence-corrected chi connectivity index (χ3v) is 7.36. The van der Waals surface area contributed by atoms with Gasteiger partial charge in [-0.3, -0.25) is 14.7 Å². The van der Waals surface area contributed by atoms with Gasteiger partial charge in [0, 0.05) is 49.0 Å². The van der Waals surface area contributed by atoms with E-state index in [4.69, 9.17) is 11.6 Å². The van der Waals surface area contributed by atoms with E-state index in [1.807, 2.05) is 36.4 Å². The predicted molar refractivity (Wildman–Crippen MR) is 141 cm³/mol. The lowest BCUT2D eigenvalue weighted by atomic mass is 10.1. The normalized spacial score (nSPS) is 14.3. The van der Waals surface area contributed by atoms with E-state index in [0.29, 0.717) is 38.0 Å². The van der Waals surface area contributed by atoms with Gasteiger partial charge in [0.05, 0.1) is 10.3 Å². The highest BCUT2D eigenvalue weighted by atomic mass is 35.5. The SMILES string of the molecule is CN1CCN(c2ccc(C(=O)Nc3[nH]nc4sc(C(=O)NCc5ccc(Cl)cc5)cc34)cc2)CC1. The molecule has 10 heteroatoms. The van der Waals surface area contributed by atoms with Gasteiger partial charge in [-0.05, 0) is 55.1 Å². The number of likely N-dealkylation sites (N-methyl/N-ethyl adjacent to an activating group) is 1. The summed E-state index contributed by atoms with van der Waals surface area (Å²) in [6, 6.07) is 16.7. The molecule has 1 saturated heterocycles. The maximum atomic E-state index is 12.8. The van der Waals surface area contributed by atoms with Gasteiger partial charge in [-0.15, -0.1) is 11.3 Å². The van der Waals surface area contributed by atoms with Crippen LogP contribution in [0.5, 0.6) is 0 Å². The Kier molecular flexibility index (Phi) is 6.72. The second-order valence-corrected chi connectivity index (χ2v) is 10.00. The number of amides is 2. The smallest absolute Gasteiger partial charge is 0.261 e. The highest BCUT2D eigenvalue weighted by Gasteiger charge is 2.18. The topological polar surface area (TPSA) is 93.4 Å². The Bertz CT molecular complexity index is 1340. The summed E-state index contributed by atoms with van der Waals surface area (Å²) in [6.07, 6.45) is 0. The van der Waals surface area contributed by atoms with Crippen molar-refractivity contribution in [2.45, 2.75) is 6.54 Å². The first-order valence-corrected chi connectivity index (χ1v) is 12.5. The fraction of sp³-hybridized carbons (Fsp3) is 0.240. The van der Waals surface area contributed by atoms with Crippen LogP contribution in [0.3, 0.4) is 0 Å². The van der Waals surface area contributed by atoms with Gasteiger partial charge < -0.3 is 20.4 Å². The average Bonchev–Trinajstić information content (AvgIpc) is 3.46. The van der Waals surface area contributed by atoms with Gasteiger partial charge in [0.25, 0.3) is 11.8 Å². The molecule has 8 nitrogen and oxygen atoms in total. The van der Waals surface area contributed by atoms with E-state index >= 15 is 0 Å². The van der Waals surface area contributed by atoms with Crippen LogP contribution in [0.2, 0.25) is 5.02 Å². The Hall–Kier alpha value is -3.40. The lowest BCUT2D eigenvalue weighted by Gasteiger charge is -2.34. The molecule has 2 amide bonds. The first-order chi connectivity index (χ1) is 17.0. The van der Waals surface area contributed by atoms with E-state index in [2.05, 4.69) is 37.7 Å². The van der Waals surface area contributed by atoms with Gasteiger partial charge in [-0.25, -0.2) is 0 Å². The van der Waals surface area contributed by atoms with E-state index < -0.39 is 0 Å². The van der Waals surface area contributed by atoms with Gasteiger partial charge in [0.1, 0.15) is 10.6 Å². The molecule has 2 aromatic heterocycles. The number of aromatic nitrogens is 2. The van der Waals surface area contributed by atoms with E-state index in [1.165, 1.54) is 11.3 Å². The molecule has 0 bridgehead atoms.